The zero-order valence-electron chi connectivity index (χ0n) is 24.8. The fourth-order valence-corrected chi connectivity index (χ4v) is 4.57. The molecule has 2 aromatic carbocycles. The molecule has 1 amide bonds. The quantitative estimate of drug-likeness (QED) is 0.186. The normalized spacial score (nSPS) is 11.6. The number of amides is 1. The predicted octanol–water partition coefficient (Wildman–Crippen LogP) is 4.89. The van der Waals surface area contributed by atoms with Crippen LogP contribution >= 0.6 is 11.6 Å². The second kappa shape index (κ2) is 15.0. The second-order valence-electron chi connectivity index (χ2n) is 9.67. The lowest BCUT2D eigenvalue weighted by Gasteiger charge is -2.20. The molecule has 0 aliphatic heterocycles. The van der Waals surface area contributed by atoms with Crippen LogP contribution in [-0.4, -0.2) is 70.0 Å². The Hall–Kier alpha value is -4.41. The molecule has 0 spiro atoms. The third-order valence-corrected chi connectivity index (χ3v) is 6.78. The molecule has 0 saturated carbocycles. The summed E-state index contributed by atoms with van der Waals surface area (Å²) in [6, 6.07) is 12.7. The number of hydrogen-bond donors (Lipinski definition) is 2. The van der Waals surface area contributed by atoms with Gasteiger partial charge in [-0.15, -0.1) is 0 Å². The number of guanidine groups is 1. The van der Waals surface area contributed by atoms with Gasteiger partial charge in [-0.1, -0.05) is 29.8 Å². The fraction of sp³-hybridized carbons (Fsp3) is 0.290. The van der Waals surface area contributed by atoms with Crippen LogP contribution in [0.15, 0.2) is 69.4 Å². The average molecular weight is 593 g/mol. The molecule has 0 atom stereocenters. The van der Waals surface area contributed by atoms with Crippen molar-refractivity contribution < 1.29 is 14.3 Å². The first-order valence-corrected chi connectivity index (χ1v) is 13.6. The first-order valence-electron chi connectivity index (χ1n) is 13.2. The highest BCUT2D eigenvalue weighted by Gasteiger charge is 2.20. The summed E-state index contributed by atoms with van der Waals surface area (Å²) in [7, 11) is 8.49. The Morgan fingerprint density at radius 3 is 2.52 bits per heavy atom. The van der Waals surface area contributed by atoms with Gasteiger partial charge >= 0.3 is 0 Å². The van der Waals surface area contributed by atoms with Gasteiger partial charge in [0, 0.05) is 49.1 Å². The van der Waals surface area contributed by atoms with Gasteiger partial charge in [-0.05, 0) is 69.5 Å². The number of carbonyl (C=O) groups excluding carboxylic acids is 1. The molecule has 1 aromatic heterocycles. The third kappa shape index (κ3) is 8.08. The smallest absolute Gasteiger partial charge is 0.260 e. The van der Waals surface area contributed by atoms with Gasteiger partial charge in [-0.25, -0.2) is 4.99 Å². The van der Waals surface area contributed by atoms with E-state index in [-0.39, 0.29) is 17.4 Å². The largest absolute Gasteiger partial charge is 0.497 e. The minimum atomic E-state index is -0.282. The molecule has 11 heteroatoms. The van der Waals surface area contributed by atoms with E-state index in [4.69, 9.17) is 21.1 Å². The van der Waals surface area contributed by atoms with Crippen LogP contribution in [0.4, 0.5) is 11.5 Å². The summed E-state index contributed by atoms with van der Waals surface area (Å²) in [5, 5.41) is 6.32. The third-order valence-electron chi connectivity index (χ3n) is 6.39. The first kappa shape index (κ1) is 32.1. The van der Waals surface area contributed by atoms with Crippen LogP contribution in [0.5, 0.6) is 11.5 Å². The van der Waals surface area contributed by atoms with Gasteiger partial charge in [0.15, 0.2) is 0 Å². The van der Waals surface area contributed by atoms with Crippen molar-refractivity contribution in [3.8, 4) is 22.6 Å². The van der Waals surface area contributed by atoms with Crippen LogP contribution < -0.4 is 25.7 Å². The van der Waals surface area contributed by atoms with Crippen molar-refractivity contribution in [3.05, 3.63) is 81.1 Å². The number of halogens is 1. The predicted molar refractivity (Wildman–Crippen MR) is 172 cm³/mol. The lowest BCUT2D eigenvalue weighted by atomic mass is 10.0. The van der Waals surface area contributed by atoms with Gasteiger partial charge in [0.25, 0.3) is 5.56 Å². The average Bonchev–Trinajstić information content (AvgIpc) is 2.97. The molecule has 0 radical (unpaired) electrons. The van der Waals surface area contributed by atoms with Crippen LogP contribution in [0, 0.1) is 6.92 Å². The molecule has 3 aromatic rings. The number of benzene rings is 2. The van der Waals surface area contributed by atoms with Gasteiger partial charge in [0.2, 0.25) is 11.9 Å². The number of aromatic nitrogens is 1. The highest BCUT2D eigenvalue weighted by molar-refractivity contribution is 6.35. The Morgan fingerprint density at radius 2 is 1.88 bits per heavy atom. The molecule has 42 heavy (non-hydrogen) atoms. The standard InChI is InChI=1S/C31H37ClN6O4/c1-20-16-25(24-18-23(41-6)19-26(42-7)28(24)32)30(40)38(29(20)36-31(33-2)34-3)15-13-21-10-8-11-22(17-21)35-27(39)12-9-14-37(4)5/h8-12,16-19H,2,13-15H2,1,3-7H3,(H,34,36)(H,35,39)/b12-9+. The summed E-state index contributed by atoms with van der Waals surface area (Å²) in [5.41, 5.74) is 2.94. The molecule has 0 saturated heterocycles. The van der Waals surface area contributed by atoms with Gasteiger partial charge in [-0.3, -0.25) is 19.1 Å². The van der Waals surface area contributed by atoms with Crippen LogP contribution in [0.3, 0.4) is 0 Å². The van der Waals surface area contributed by atoms with E-state index in [1.165, 1.54) is 20.3 Å². The maximum absolute atomic E-state index is 14.1. The summed E-state index contributed by atoms with van der Waals surface area (Å²) >= 11 is 6.67. The number of aliphatic imine (C=N–C) groups is 2. The lowest BCUT2D eigenvalue weighted by molar-refractivity contribution is -0.111. The molecular formula is C31H37ClN6O4. The van der Waals surface area contributed by atoms with Gasteiger partial charge in [0.05, 0.1) is 19.2 Å². The molecule has 0 bridgehead atoms. The van der Waals surface area contributed by atoms with Gasteiger partial charge in [-0.2, -0.15) is 0 Å². The molecule has 222 valence electrons. The molecular weight excluding hydrogens is 556 g/mol. The van der Waals surface area contributed by atoms with Crippen molar-refractivity contribution in [1.29, 1.82) is 0 Å². The van der Waals surface area contributed by atoms with E-state index in [2.05, 4.69) is 27.3 Å². The van der Waals surface area contributed by atoms with Crippen molar-refractivity contribution in [2.75, 3.05) is 52.5 Å². The highest BCUT2D eigenvalue weighted by Crippen LogP contribution is 2.38. The van der Waals surface area contributed by atoms with Crippen molar-refractivity contribution in [2.45, 2.75) is 19.9 Å². The number of aryl methyl sites for hydroxylation is 2. The number of ether oxygens (including phenoxy) is 2. The first-order chi connectivity index (χ1) is 20.1. The molecule has 2 N–H and O–H groups in total. The number of carbonyl (C=O) groups is 1. The Kier molecular flexibility index (Phi) is 11.5. The molecule has 0 aliphatic rings. The van der Waals surface area contributed by atoms with Crippen molar-refractivity contribution in [1.82, 2.24) is 9.47 Å². The monoisotopic (exact) mass is 592 g/mol. The Labute approximate surface area is 251 Å². The van der Waals surface area contributed by atoms with Gasteiger partial charge in [0.1, 0.15) is 17.3 Å². The molecule has 0 fully saturated rings. The van der Waals surface area contributed by atoms with Crippen molar-refractivity contribution in [2.24, 2.45) is 9.98 Å². The van der Waals surface area contributed by atoms with Crippen molar-refractivity contribution >= 4 is 41.7 Å². The van der Waals surface area contributed by atoms with E-state index in [9.17, 15) is 9.59 Å². The maximum atomic E-state index is 14.1. The zero-order valence-corrected chi connectivity index (χ0v) is 25.6. The number of nitrogens with one attached hydrogen (secondary N) is 2. The van der Waals surface area contributed by atoms with Crippen molar-refractivity contribution in [3.63, 3.8) is 0 Å². The van der Waals surface area contributed by atoms with E-state index >= 15 is 0 Å². The summed E-state index contributed by atoms with van der Waals surface area (Å²) in [6.45, 7) is 6.41. The summed E-state index contributed by atoms with van der Waals surface area (Å²) in [4.78, 5) is 36.4. The fourth-order valence-electron chi connectivity index (χ4n) is 4.29. The van der Waals surface area contributed by atoms with Crippen LogP contribution in [0.25, 0.3) is 11.1 Å². The minimum absolute atomic E-state index is 0.214. The van der Waals surface area contributed by atoms with E-state index < -0.39 is 0 Å². The topological polar surface area (TPSA) is 110 Å². The van der Waals surface area contributed by atoms with E-state index in [1.54, 1.807) is 35.9 Å². The number of nitrogens with zero attached hydrogens (tertiary/aromatic N) is 4. The molecule has 0 aliphatic carbocycles. The van der Waals surface area contributed by atoms with Gasteiger partial charge < -0.3 is 25.0 Å². The Balaban J connectivity index is 2.02. The van der Waals surface area contributed by atoms with Crippen LogP contribution in [0.1, 0.15) is 11.1 Å². The molecule has 0 unspecified atom stereocenters. The molecule has 1 heterocycles. The zero-order chi connectivity index (χ0) is 30.8. The lowest BCUT2D eigenvalue weighted by Crippen LogP contribution is -2.28. The van der Waals surface area contributed by atoms with E-state index in [0.29, 0.717) is 58.7 Å². The number of pyridine rings is 1. The summed E-state index contributed by atoms with van der Waals surface area (Å²) < 4.78 is 12.5. The van der Waals surface area contributed by atoms with Crippen LogP contribution in [-0.2, 0) is 17.8 Å². The summed E-state index contributed by atoms with van der Waals surface area (Å²) in [5.74, 6) is 1.48. The SMILES string of the molecule is C=NC(=NC)Nc1c(C)cc(-c2cc(OC)cc(OC)c2Cl)c(=O)n1CCc1cccc(NC(=O)/C=C/CN(C)C)c1. The molecule has 3 rings (SSSR count). The van der Waals surface area contributed by atoms with E-state index in [1.807, 2.05) is 50.2 Å². The van der Waals surface area contributed by atoms with E-state index in [0.717, 1.165) is 11.1 Å². The Bertz CT molecular complexity index is 1560. The number of likely N-dealkylation sites (N-methyl/N-ethyl adjacent to an activating group) is 1. The maximum Gasteiger partial charge on any atom is 0.260 e. The second-order valence-corrected chi connectivity index (χ2v) is 10.1. The minimum Gasteiger partial charge on any atom is -0.497 e. The molecule has 10 nitrogen and oxygen atoms in total. The Morgan fingerprint density at radius 1 is 1.12 bits per heavy atom. The number of anilines is 2. The summed E-state index contributed by atoms with van der Waals surface area (Å²) in [6.07, 6.45) is 3.80. The number of rotatable bonds is 11. The number of methoxy groups -OCH3 is 2. The highest BCUT2D eigenvalue weighted by atomic mass is 35.5. The number of hydrogen-bond acceptors (Lipinski definition) is 6. The van der Waals surface area contributed by atoms with Crippen LogP contribution in [0.2, 0.25) is 5.02 Å².